The van der Waals surface area contributed by atoms with Gasteiger partial charge in [-0.05, 0) is 36.6 Å². The molecule has 2 aromatic rings. The normalized spacial score (nSPS) is 18.2. The van der Waals surface area contributed by atoms with Crippen LogP contribution in [0.25, 0.3) is 11.4 Å². The third-order valence-electron chi connectivity index (χ3n) is 3.56. The Morgan fingerprint density at radius 1 is 1.32 bits per heavy atom. The Kier molecular flexibility index (Phi) is 2.89. The molecule has 1 aliphatic rings. The zero-order chi connectivity index (χ0) is 13.4. The van der Waals surface area contributed by atoms with Gasteiger partial charge in [0, 0.05) is 12.1 Å². The second-order valence-corrected chi connectivity index (χ2v) is 5.28. The Morgan fingerprint density at radius 3 is 2.74 bits per heavy atom. The van der Waals surface area contributed by atoms with Gasteiger partial charge in [-0.1, -0.05) is 13.8 Å². The number of phenolic OH excluding ortho intramolecular Hbond substituents is 1. The monoisotopic (exact) mass is 258 g/mol. The summed E-state index contributed by atoms with van der Waals surface area (Å²) in [5, 5.41) is 17.2. The van der Waals surface area contributed by atoms with Gasteiger partial charge in [0.25, 0.3) is 0 Å². The molecule has 1 aromatic heterocycles. The summed E-state index contributed by atoms with van der Waals surface area (Å²) in [5.74, 6) is 2.34. The lowest BCUT2D eigenvalue weighted by Gasteiger charge is -2.27. The van der Waals surface area contributed by atoms with E-state index in [4.69, 9.17) is 0 Å². The van der Waals surface area contributed by atoms with E-state index < -0.39 is 0 Å². The summed E-state index contributed by atoms with van der Waals surface area (Å²) in [6, 6.07) is 7.38. The number of benzene rings is 1. The lowest BCUT2D eigenvalue weighted by Crippen LogP contribution is -2.27. The highest BCUT2D eigenvalue weighted by Gasteiger charge is 2.25. The van der Waals surface area contributed by atoms with Crippen molar-refractivity contribution in [1.82, 2.24) is 14.8 Å². The molecule has 0 saturated carbocycles. The molecule has 1 aliphatic heterocycles. The first kappa shape index (κ1) is 12.0. The van der Waals surface area contributed by atoms with Crippen LogP contribution in [0.3, 0.4) is 0 Å². The second kappa shape index (κ2) is 4.57. The van der Waals surface area contributed by atoms with Gasteiger partial charge >= 0.3 is 0 Å². The molecular formula is C14H18N4O. The van der Waals surface area contributed by atoms with Gasteiger partial charge in [0.1, 0.15) is 5.75 Å². The Bertz CT molecular complexity index is 574. The quantitative estimate of drug-likeness (QED) is 0.869. The fraction of sp³-hybridized carbons (Fsp3) is 0.429. The minimum absolute atomic E-state index is 0.255. The zero-order valence-electron chi connectivity index (χ0n) is 11.2. The summed E-state index contributed by atoms with van der Waals surface area (Å²) >= 11 is 0. The molecule has 2 heterocycles. The van der Waals surface area contributed by atoms with Crippen LogP contribution in [0.1, 0.15) is 26.3 Å². The van der Waals surface area contributed by atoms with Crippen molar-refractivity contribution in [3.05, 3.63) is 24.3 Å². The van der Waals surface area contributed by atoms with Gasteiger partial charge in [0.05, 0.1) is 6.04 Å². The van der Waals surface area contributed by atoms with E-state index >= 15 is 0 Å². The first-order valence-corrected chi connectivity index (χ1v) is 6.65. The minimum Gasteiger partial charge on any atom is -0.508 e. The highest BCUT2D eigenvalue weighted by Crippen LogP contribution is 2.30. The zero-order valence-corrected chi connectivity index (χ0v) is 11.2. The van der Waals surface area contributed by atoms with Gasteiger partial charge in [-0.2, -0.15) is 4.98 Å². The summed E-state index contributed by atoms with van der Waals surface area (Å²) < 4.78 is 2.00. The van der Waals surface area contributed by atoms with Crippen LogP contribution in [0.15, 0.2) is 24.3 Å². The van der Waals surface area contributed by atoms with Crippen LogP contribution >= 0.6 is 0 Å². The fourth-order valence-electron chi connectivity index (χ4n) is 2.48. The number of aromatic nitrogens is 3. The van der Waals surface area contributed by atoms with E-state index in [1.54, 1.807) is 12.1 Å². The van der Waals surface area contributed by atoms with Crippen molar-refractivity contribution in [3.8, 4) is 17.1 Å². The number of nitrogens with zero attached hydrogens (tertiary/aromatic N) is 3. The number of hydrogen-bond acceptors (Lipinski definition) is 4. The van der Waals surface area contributed by atoms with E-state index in [1.807, 2.05) is 16.8 Å². The highest BCUT2D eigenvalue weighted by atomic mass is 16.3. The molecule has 0 bridgehead atoms. The first-order valence-electron chi connectivity index (χ1n) is 6.65. The summed E-state index contributed by atoms with van der Waals surface area (Å²) in [6.07, 6.45) is 1.07. The van der Waals surface area contributed by atoms with Gasteiger partial charge < -0.3 is 10.4 Å². The molecule has 19 heavy (non-hydrogen) atoms. The van der Waals surface area contributed by atoms with Crippen LogP contribution in [-0.2, 0) is 0 Å². The van der Waals surface area contributed by atoms with E-state index in [-0.39, 0.29) is 5.75 Å². The molecule has 1 unspecified atom stereocenters. The van der Waals surface area contributed by atoms with Crippen molar-refractivity contribution in [3.63, 3.8) is 0 Å². The van der Waals surface area contributed by atoms with E-state index in [0.29, 0.717) is 17.8 Å². The van der Waals surface area contributed by atoms with Gasteiger partial charge in [0.15, 0.2) is 5.82 Å². The van der Waals surface area contributed by atoms with Crippen molar-refractivity contribution >= 4 is 5.95 Å². The van der Waals surface area contributed by atoms with E-state index in [2.05, 4.69) is 29.2 Å². The third kappa shape index (κ3) is 2.16. The van der Waals surface area contributed by atoms with Crippen molar-refractivity contribution < 1.29 is 5.11 Å². The lowest BCUT2D eigenvalue weighted by atomic mass is 10.0. The number of nitrogens with one attached hydrogen (secondary N) is 1. The molecule has 5 nitrogen and oxygen atoms in total. The van der Waals surface area contributed by atoms with E-state index in [1.165, 1.54) is 0 Å². The van der Waals surface area contributed by atoms with Gasteiger partial charge in [-0.15, -0.1) is 5.10 Å². The fourth-order valence-corrected chi connectivity index (χ4v) is 2.48. The first-order chi connectivity index (χ1) is 9.15. The number of aromatic hydroxyl groups is 1. The molecule has 0 radical (unpaired) electrons. The standard InChI is InChI=1S/C14H18N4O/c1-9(2)12-7-8-15-14-16-13(17-18(12)14)10-3-5-11(19)6-4-10/h3-6,9,12,19H,7-8H2,1-2H3,(H,15,16,17). The molecule has 2 N–H and O–H groups in total. The van der Waals surface area contributed by atoms with Crippen molar-refractivity contribution in [2.45, 2.75) is 26.3 Å². The van der Waals surface area contributed by atoms with Crippen molar-refractivity contribution in [1.29, 1.82) is 0 Å². The van der Waals surface area contributed by atoms with Crippen LogP contribution in [0.4, 0.5) is 5.95 Å². The predicted molar refractivity (Wildman–Crippen MR) is 74.1 cm³/mol. The maximum Gasteiger partial charge on any atom is 0.221 e. The molecule has 5 heteroatoms. The average molecular weight is 258 g/mol. The SMILES string of the molecule is CC(C)C1CCNc2nc(-c3ccc(O)cc3)nn21. The molecule has 100 valence electrons. The second-order valence-electron chi connectivity index (χ2n) is 5.28. The highest BCUT2D eigenvalue weighted by molar-refractivity contribution is 5.57. The Morgan fingerprint density at radius 2 is 2.05 bits per heavy atom. The molecule has 1 atom stereocenters. The number of rotatable bonds is 2. The number of phenols is 1. The molecule has 0 aliphatic carbocycles. The molecule has 0 spiro atoms. The minimum atomic E-state index is 0.255. The third-order valence-corrected chi connectivity index (χ3v) is 3.56. The molecule has 0 saturated heterocycles. The summed E-state index contributed by atoms with van der Waals surface area (Å²) in [5.41, 5.74) is 0.920. The number of anilines is 1. The lowest BCUT2D eigenvalue weighted by molar-refractivity contribution is 0.322. The summed E-state index contributed by atoms with van der Waals surface area (Å²) in [7, 11) is 0. The van der Waals surface area contributed by atoms with E-state index in [0.717, 1.165) is 24.5 Å². The Balaban J connectivity index is 1.99. The maximum atomic E-state index is 9.32. The molecule has 1 aromatic carbocycles. The molecule has 0 fully saturated rings. The smallest absolute Gasteiger partial charge is 0.221 e. The van der Waals surface area contributed by atoms with Crippen LogP contribution in [-0.4, -0.2) is 26.4 Å². The average Bonchev–Trinajstić information content (AvgIpc) is 2.82. The molecule has 3 rings (SSSR count). The van der Waals surface area contributed by atoms with Gasteiger partial charge in [-0.25, -0.2) is 4.68 Å². The van der Waals surface area contributed by atoms with Gasteiger partial charge in [0.2, 0.25) is 5.95 Å². The topological polar surface area (TPSA) is 63.0 Å². The van der Waals surface area contributed by atoms with Crippen LogP contribution in [0, 0.1) is 5.92 Å². The van der Waals surface area contributed by atoms with Crippen molar-refractivity contribution in [2.75, 3.05) is 11.9 Å². The van der Waals surface area contributed by atoms with Crippen LogP contribution < -0.4 is 5.32 Å². The number of fused-ring (bicyclic) bond motifs is 1. The van der Waals surface area contributed by atoms with Crippen LogP contribution in [0.2, 0.25) is 0 Å². The van der Waals surface area contributed by atoms with Crippen LogP contribution in [0.5, 0.6) is 5.75 Å². The molecular weight excluding hydrogens is 240 g/mol. The summed E-state index contributed by atoms with van der Waals surface area (Å²) in [6.45, 7) is 5.36. The van der Waals surface area contributed by atoms with E-state index in [9.17, 15) is 5.11 Å². The largest absolute Gasteiger partial charge is 0.508 e. The Labute approximate surface area is 112 Å². The van der Waals surface area contributed by atoms with Crippen molar-refractivity contribution in [2.24, 2.45) is 5.92 Å². The maximum absolute atomic E-state index is 9.32. The summed E-state index contributed by atoms with van der Waals surface area (Å²) in [4.78, 5) is 4.54. The Hall–Kier alpha value is -2.04. The van der Waals surface area contributed by atoms with Gasteiger partial charge in [-0.3, -0.25) is 0 Å². The number of hydrogen-bond donors (Lipinski definition) is 2. The molecule has 0 amide bonds. The predicted octanol–water partition coefficient (Wildman–Crippen LogP) is 2.66.